The number of hydrogen-bond donors (Lipinski definition) is 2. The maximum Gasteiger partial charge on any atom is 0.243 e. The summed E-state index contributed by atoms with van der Waals surface area (Å²) in [6.45, 7) is 2.26. The first-order chi connectivity index (χ1) is 8.77. The third-order valence-electron chi connectivity index (χ3n) is 2.55. The number of nitrogen functional groups attached to an aromatic ring is 1. The average Bonchev–Trinajstić information content (AvgIpc) is 2.33. The van der Waals surface area contributed by atoms with Crippen LogP contribution in [0.15, 0.2) is 21.5 Å². The minimum absolute atomic E-state index is 0.0327. The Morgan fingerprint density at radius 2 is 2.16 bits per heavy atom. The number of thioether (sulfide) groups is 1. The Morgan fingerprint density at radius 1 is 1.53 bits per heavy atom. The van der Waals surface area contributed by atoms with E-state index < -0.39 is 20.7 Å². The number of halogens is 2. The summed E-state index contributed by atoms with van der Waals surface area (Å²) in [4.78, 5) is -0.434. The maximum atomic E-state index is 13.8. The molecule has 0 saturated heterocycles. The fourth-order valence-electron chi connectivity index (χ4n) is 1.37. The van der Waals surface area contributed by atoms with Crippen molar-refractivity contribution in [2.75, 3.05) is 18.5 Å². The van der Waals surface area contributed by atoms with E-state index in [2.05, 4.69) is 20.7 Å². The number of rotatable bonds is 6. The van der Waals surface area contributed by atoms with Gasteiger partial charge in [-0.05, 0) is 40.7 Å². The summed E-state index contributed by atoms with van der Waals surface area (Å²) in [5.41, 5.74) is 5.72. The fourth-order valence-corrected chi connectivity index (χ4v) is 3.51. The van der Waals surface area contributed by atoms with Crippen molar-refractivity contribution < 1.29 is 12.8 Å². The Kier molecular flexibility index (Phi) is 6.10. The highest BCUT2D eigenvalue weighted by molar-refractivity contribution is 9.10. The van der Waals surface area contributed by atoms with Gasteiger partial charge in [-0.3, -0.25) is 0 Å². The largest absolute Gasteiger partial charge is 0.399 e. The van der Waals surface area contributed by atoms with E-state index in [1.807, 2.05) is 13.2 Å². The number of sulfonamides is 1. The number of anilines is 1. The predicted octanol–water partition coefficient (Wildman–Crippen LogP) is 2.59. The Morgan fingerprint density at radius 3 is 2.74 bits per heavy atom. The van der Waals surface area contributed by atoms with Crippen LogP contribution in [0.4, 0.5) is 10.1 Å². The van der Waals surface area contributed by atoms with E-state index in [0.29, 0.717) is 11.7 Å². The Hall–Kier alpha value is -0.310. The molecule has 1 atom stereocenters. The van der Waals surface area contributed by atoms with Crippen molar-refractivity contribution in [3.63, 3.8) is 0 Å². The lowest BCUT2D eigenvalue weighted by Gasteiger charge is -2.11. The Labute approximate surface area is 125 Å². The van der Waals surface area contributed by atoms with Gasteiger partial charge in [0, 0.05) is 17.5 Å². The molecule has 8 heteroatoms. The maximum absolute atomic E-state index is 13.8. The van der Waals surface area contributed by atoms with E-state index in [1.54, 1.807) is 11.8 Å². The van der Waals surface area contributed by atoms with Crippen molar-refractivity contribution in [2.24, 2.45) is 0 Å². The molecule has 1 rings (SSSR count). The summed E-state index contributed by atoms with van der Waals surface area (Å²) in [6.07, 6.45) is 2.62. The summed E-state index contributed by atoms with van der Waals surface area (Å²) >= 11 is 4.58. The third-order valence-corrected chi connectivity index (χ3v) is 5.63. The van der Waals surface area contributed by atoms with Gasteiger partial charge in [0.1, 0.15) is 4.90 Å². The van der Waals surface area contributed by atoms with Crippen molar-refractivity contribution in [3.8, 4) is 0 Å². The molecule has 1 aromatic rings. The molecule has 0 aliphatic heterocycles. The molecule has 0 bridgehead atoms. The standard InChI is InChI=1S/C11H16BrFN2O2S2/c1-7(18-2)3-4-15-19(16,17)10-6-8(14)5-9(12)11(10)13/h5-7,15H,3-4,14H2,1-2H3. The molecule has 0 amide bonds. The molecule has 0 saturated carbocycles. The Bertz CT molecular complexity index is 552. The van der Waals surface area contributed by atoms with E-state index in [0.717, 1.165) is 6.07 Å². The van der Waals surface area contributed by atoms with Gasteiger partial charge >= 0.3 is 0 Å². The zero-order valence-corrected chi connectivity index (χ0v) is 13.8. The molecule has 0 aliphatic rings. The lowest BCUT2D eigenvalue weighted by atomic mass is 10.3. The van der Waals surface area contributed by atoms with Crippen LogP contribution in [0.3, 0.4) is 0 Å². The second-order valence-corrected chi connectivity index (χ2v) is 7.91. The highest BCUT2D eigenvalue weighted by Crippen LogP contribution is 2.26. The molecule has 108 valence electrons. The molecule has 0 fully saturated rings. The summed E-state index contributed by atoms with van der Waals surface area (Å²) in [7, 11) is -3.88. The second-order valence-electron chi connectivity index (χ2n) is 4.05. The smallest absolute Gasteiger partial charge is 0.243 e. The lowest BCUT2D eigenvalue weighted by Crippen LogP contribution is -2.27. The first-order valence-corrected chi connectivity index (χ1v) is 9.11. The molecule has 0 spiro atoms. The minimum atomic E-state index is -3.88. The van der Waals surface area contributed by atoms with E-state index in [9.17, 15) is 12.8 Å². The zero-order valence-electron chi connectivity index (χ0n) is 10.6. The van der Waals surface area contributed by atoms with Gasteiger partial charge in [-0.1, -0.05) is 6.92 Å². The number of benzene rings is 1. The summed E-state index contributed by atoms with van der Waals surface area (Å²) in [5, 5.41) is 0.333. The van der Waals surface area contributed by atoms with Crippen LogP contribution in [-0.2, 0) is 10.0 Å². The SMILES string of the molecule is CSC(C)CCNS(=O)(=O)c1cc(N)cc(Br)c1F. The van der Waals surface area contributed by atoms with Gasteiger partial charge in [-0.15, -0.1) is 0 Å². The molecular formula is C11H16BrFN2O2S2. The number of hydrogen-bond acceptors (Lipinski definition) is 4. The van der Waals surface area contributed by atoms with Crippen molar-refractivity contribution >= 4 is 43.4 Å². The second kappa shape index (κ2) is 6.92. The molecule has 4 nitrogen and oxygen atoms in total. The van der Waals surface area contributed by atoms with Gasteiger partial charge in [0.2, 0.25) is 10.0 Å². The van der Waals surface area contributed by atoms with Crippen LogP contribution in [0.5, 0.6) is 0 Å². The molecule has 3 N–H and O–H groups in total. The molecular weight excluding hydrogens is 355 g/mol. The highest BCUT2D eigenvalue weighted by atomic mass is 79.9. The van der Waals surface area contributed by atoms with E-state index >= 15 is 0 Å². The normalized spacial score (nSPS) is 13.5. The van der Waals surface area contributed by atoms with Gasteiger partial charge < -0.3 is 5.73 Å². The predicted molar refractivity (Wildman–Crippen MR) is 81.3 cm³/mol. The van der Waals surface area contributed by atoms with Crippen LogP contribution in [0, 0.1) is 5.82 Å². The van der Waals surface area contributed by atoms with E-state index in [-0.39, 0.29) is 16.7 Å². The van der Waals surface area contributed by atoms with Crippen LogP contribution < -0.4 is 10.5 Å². The highest BCUT2D eigenvalue weighted by Gasteiger charge is 2.21. The molecule has 0 aromatic heterocycles. The van der Waals surface area contributed by atoms with Crippen LogP contribution in [-0.4, -0.2) is 26.5 Å². The molecule has 0 radical (unpaired) electrons. The van der Waals surface area contributed by atoms with Crippen LogP contribution in [0.2, 0.25) is 0 Å². The van der Waals surface area contributed by atoms with Crippen molar-refractivity contribution in [1.82, 2.24) is 4.72 Å². The van der Waals surface area contributed by atoms with Gasteiger partial charge in [0.15, 0.2) is 5.82 Å². The number of nitrogens with one attached hydrogen (secondary N) is 1. The van der Waals surface area contributed by atoms with Crippen LogP contribution in [0.25, 0.3) is 0 Å². The lowest BCUT2D eigenvalue weighted by molar-refractivity contribution is 0.553. The van der Waals surface area contributed by atoms with Gasteiger partial charge in [0.05, 0.1) is 4.47 Å². The van der Waals surface area contributed by atoms with Crippen LogP contribution >= 0.6 is 27.7 Å². The fraction of sp³-hybridized carbons (Fsp3) is 0.455. The minimum Gasteiger partial charge on any atom is -0.399 e. The third kappa shape index (κ3) is 4.62. The Balaban J connectivity index is 2.89. The first-order valence-electron chi connectivity index (χ1n) is 5.55. The van der Waals surface area contributed by atoms with Gasteiger partial charge in [0.25, 0.3) is 0 Å². The zero-order chi connectivity index (χ0) is 14.6. The molecule has 0 heterocycles. The average molecular weight is 371 g/mol. The van der Waals surface area contributed by atoms with Crippen LogP contribution in [0.1, 0.15) is 13.3 Å². The summed E-state index contributed by atoms with van der Waals surface area (Å²) in [6, 6.07) is 2.44. The van der Waals surface area contributed by atoms with Crippen molar-refractivity contribution in [2.45, 2.75) is 23.5 Å². The summed E-state index contributed by atoms with van der Waals surface area (Å²) in [5.74, 6) is -0.834. The quantitative estimate of drug-likeness (QED) is 0.754. The van der Waals surface area contributed by atoms with Gasteiger partial charge in [-0.25, -0.2) is 17.5 Å². The van der Waals surface area contributed by atoms with Crippen molar-refractivity contribution in [1.29, 1.82) is 0 Å². The molecule has 19 heavy (non-hydrogen) atoms. The molecule has 0 aliphatic carbocycles. The van der Waals surface area contributed by atoms with E-state index in [1.165, 1.54) is 6.07 Å². The molecule has 1 unspecified atom stereocenters. The van der Waals surface area contributed by atoms with E-state index in [4.69, 9.17) is 5.73 Å². The molecule has 1 aromatic carbocycles. The first kappa shape index (κ1) is 16.7. The van der Waals surface area contributed by atoms with Crippen molar-refractivity contribution in [3.05, 3.63) is 22.4 Å². The van der Waals surface area contributed by atoms with Gasteiger partial charge in [-0.2, -0.15) is 11.8 Å². The number of nitrogens with two attached hydrogens (primary N) is 1. The topological polar surface area (TPSA) is 72.2 Å². The summed E-state index contributed by atoms with van der Waals surface area (Å²) < 4.78 is 40.2. The monoisotopic (exact) mass is 370 g/mol.